The molecule has 0 heterocycles. The highest BCUT2D eigenvalue weighted by atomic mass is 79.9. The first-order chi connectivity index (χ1) is 9.99. The lowest BCUT2D eigenvalue weighted by molar-refractivity contribution is -0.121. The van der Waals surface area contributed by atoms with Gasteiger partial charge in [-0.3, -0.25) is 9.59 Å². The van der Waals surface area contributed by atoms with Gasteiger partial charge in [-0.2, -0.15) is 0 Å². The molecule has 0 spiro atoms. The van der Waals surface area contributed by atoms with Crippen molar-refractivity contribution < 1.29 is 14.0 Å². The largest absolute Gasteiger partial charge is 0.355 e. The van der Waals surface area contributed by atoms with E-state index in [4.69, 9.17) is 0 Å². The van der Waals surface area contributed by atoms with Gasteiger partial charge in [-0.15, -0.1) is 0 Å². The van der Waals surface area contributed by atoms with Crippen LogP contribution in [0.2, 0.25) is 0 Å². The number of amides is 2. The van der Waals surface area contributed by atoms with E-state index in [1.165, 1.54) is 23.1 Å². The Morgan fingerprint density at radius 1 is 1.29 bits per heavy atom. The van der Waals surface area contributed by atoms with Crippen molar-refractivity contribution in [1.82, 2.24) is 10.2 Å². The first kappa shape index (κ1) is 17.6. The Morgan fingerprint density at radius 2 is 2.00 bits per heavy atom. The molecule has 0 saturated carbocycles. The molecule has 1 N–H and O–H groups in total. The highest BCUT2D eigenvalue weighted by Crippen LogP contribution is 2.19. The molecule has 1 aromatic carbocycles. The third-order valence-electron chi connectivity index (χ3n) is 2.85. The summed E-state index contributed by atoms with van der Waals surface area (Å²) in [5.74, 6) is -1.03. The molecule has 0 radical (unpaired) electrons. The molecule has 0 aliphatic rings. The average molecular weight is 359 g/mol. The van der Waals surface area contributed by atoms with Crippen LogP contribution in [-0.2, 0) is 4.79 Å². The predicted octanol–water partition coefficient (Wildman–Crippen LogP) is 2.97. The molecule has 0 unspecified atom stereocenters. The van der Waals surface area contributed by atoms with Gasteiger partial charge < -0.3 is 10.2 Å². The monoisotopic (exact) mass is 358 g/mol. The molecule has 6 heteroatoms. The Labute approximate surface area is 132 Å². The number of carbonyl (C=O) groups excluding carboxylic acids is 2. The standard InChI is InChI=1S/C15H20BrFN2O2/c1-3-7-18-14(20)10-19(8-4-2)15(21)12-9-11(17)5-6-13(12)16/h5-6,9H,3-4,7-8,10H2,1-2H3,(H,18,20). The van der Waals surface area contributed by atoms with Crippen molar-refractivity contribution >= 4 is 27.7 Å². The summed E-state index contributed by atoms with van der Waals surface area (Å²) in [6.45, 7) is 4.89. The van der Waals surface area contributed by atoms with Crippen molar-refractivity contribution in [1.29, 1.82) is 0 Å². The highest BCUT2D eigenvalue weighted by Gasteiger charge is 2.20. The van der Waals surface area contributed by atoms with Crippen molar-refractivity contribution in [2.75, 3.05) is 19.6 Å². The predicted molar refractivity (Wildman–Crippen MR) is 83.6 cm³/mol. The molecule has 0 bridgehead atoms. The van der Waals surface area contributed by atoms with E-state index in [2.05, 4.69) is 21.2 Å². The second-order valence-electron chi connectivity index (χ2n) is 4.70. The summed E-state index contributed by atoms with van der Waals surface area (Å²) in [6, 6.07) is 3.95. The van der Waals surface area contributed by atoms with Gasteiger partial charge in [0.25, 0.3) is 5.91 Å². The van der Waals surface area contributed by atoms with Crippen molar-refractivity contribution in [3.8, 4) is 0 Å². The summed E-state index contributed by atoms with van der Waals surface area (Å²) in [7, 11) is 0. The number of nitrogens with zero attached hydrogens (tertiary/aromatic N) is 1. The van der Waals surface area contributed by atoms with Crippen LogP contribution < -0.4 is 5.32 Å². The molecular formula is C15H20BrFN2O2. The number of halogens is 2. The average Bonchev–Trinajstić information content (AvgIpc) is 2.46. The fourth-order valence-corrected chi connectivity index (χ4v) is 2.26. The molecule has 0 saturated heterocycles. The van der Waals surface area contributed by atoms with E-state index >= 15 is 0 Å². The smallest absolute Gasteiger partial charge is 0.255 e. The van der Waals surface area contributed by atoms with Crippen LogP contribution in [0, 0.1) is 5.82 Å². The maximum Gasteiger partial charge on any atom is 0.255 e. The normalized spacial score (nSPS) is 10.3. The van der Waals surface area contributed by atoms with Gasteiger partial charge in [-0.1, -0.05) is 13.8 Å². The Morgan fingerprint density at radius 3 is 2.62 bits per heavy atom. The van der Waals surface area contributed by atoms with Gasteiger partial charge in [-0.05, 0) is 47.0 Å². The molecule has 1 aromatic rings. The minimum atomic E-state index is -0.478. The first-order valence-corrected chi connectivity index (χ1v) is 7.79. The van der Waals surface area contributed by atoms with Gasteiger partial charge in [0, 0.05) is 17.6 Å². The van der Waals surface area contributed by atoms with E-state index in [9.17, 15) is 14.0 Å². The van der Waals surface area contributed by atoms with E-state index in [-0.39, 0.29) is 23.9 Å². The molecule has 116 valence electrons. The second kappa shape index (κ2) is 8.77. The highest BCUT2D eigenvalue weighted by molar-refractivity contribution is 9.10. The number of hydrogen-bond acceptors (Lipinski definition) is 2. The third-order valence-corrected chi connectivity index (χ3v) is 3.54. The molecule has 0 aromatic heterocycles. The topological polar surface area (TPSA) is 49.4 Å². The zero-order chi connectivity index (χ0) is 15.8. The van der Waals surface area contributed by atoms with Crippen LogP contribution >= 0.6 is 15.9 Å². The minimum absolute atomic E-state index is 0.0182. The summed E-state index contributed by atoms with van der Waals surface area (Å²) in [5.41, 5.74) is 0.228. The number of rotatable bonds is 7. The molecule has 0 aliphatic heterocycles. The van der Waals surface area contributed by atoms with Crippen molar-refractivity contribution in [2.24, 2.45) is 0 Å². The molecule has 4 nitrogen and oxygen atoms in total. The van der Waals surface area contributed by atoms with Crippen LogP contribution in [0.15, 0.2) is 22.7 Å². The Kier molecular flexibility index (Phi) is 7.36. The summed E-state index contributed by atoms with van der Waals surface area (Å²) in [5, 5.41) is 2.73. The first-order valence-electron chi connectivity index (χ1n) is 7.00. The van der Waals surface area contributed by atoms with E-state index in [1.54, 1.807) is 0 Å². The maximum absolute atomic E-state index is 13.3. The van der Waals surface area contributed by atoms with Crippen LogP contribution in [0.4, 0.5) is 4.39 Å². The van der Waals surface area contributed by atoms with Gasteiger partial charge in [0.15, 0.2) is 0 Å². The maximum atomic E-state index is 13.3. The lowest BCUT2D eigenvalue weighted by Gasteiger charge is -2.22. The molecule has 0 aliphatic carbocycles. The molecule has 21 heavy (non-hydrogen) atoms. The quantitative estimate of drug-likeness (QED) is 0.814. The van der Waals surface area contributed by atoms with E-state index in [1.807, 2.05) is 13.8 Å². The van der Waals surface area contributed by atoms with Gasteiger partial charge in [-0.25, -0.2) is 4.39 Å². The zero-order valence-corrected chi connectivity index (χ0v) is 13.9. The summed E-state index contributed by atoms with van der Waals surface area (Å²) < 4.78 is 13.8. The summed E-state index contributed by atoms with van der Waals surface area (Å²) in [6.07, 6.45) is 1.56. The van der Waals surface area contributed by atoms with Crippen LogP contribution in [0.25, 0.3) is 0 Å². The summed E-state index contributed by atoms with van der Waals surface area (Å²) in [4.78, 5) is 25.7. The van der Waals surface area contributed by atoms with Crippen LogP contribution in [-0.4, -0.2) is 36.3 Å². The van der Waals surface area contributed by atoms with Gasteiger partial charge >= 0.3 is 0 Å². The van der Waals surface area contributed by atoms with E-state index in [0.717, 1.165) is 12.8 Å². The fraction of sp³-hybridized carbons (Fsp3) is 0.467. The number of nitrogens with one attached hydrogen (secondary N) is 1. The number of carbonyl (C=O) groups is 2. The van der Waals surface area contributed by atoms with E-state index < -0.39 is 5.82 Å². The fourth-order valence-electron chi connectivity index (χ4n) is 1.85. The zero-order valence-electron chi connectivity index (χ0n) is 12.3. The Balaban J connectivity index is 2.86. The molecular weight excluding hydrogens is 339 g/mol. The van der Waals surface area contributed by atoms with Gasteiger partial charge in [0.1, 0.15) is 5.82 Å². The van der Waals surface area contributed by atoms with Gasteiger partial charge in [0.2, 0.25) is 5.91 Å². The van der Waals surface area contributed by atoms with Crippen molar-refractivity contribution in [3.63, 3.8) is 0 Å². The SMILES string of the molecule is CCCNC(=O)CN(CCC)C(=O)c1cc(F)ccc1Br. The van der Waals surface area contributed by atoms with Crippen LogP contribution in [0.3, 0.4) is 0 Å². The van der Waals surface area contributed by atoms with E-state index in [0.29, 0.717) is 17.6 Å². The Hall–Kier alpha value is -1.43. The number of hydrogen-bond donors (Lipinski definition) is 1. The van der Waals surface area contributed by atoms with Crippen molar-refractivity contribution in [3.05, 3.63) is 34.1 Å². The lowest BCUT2D eigenvalue weighted by Crippen LogP contribution is -2.41. The molecule has 2 amide bonds. The van der Waals surface area contributed by atoms with Gasteiger partial charge in [0.05, 0.1) is 12.1 Å². The Bertz CT molecular complexity index is 508. The second-order valence-corrected chi connectivity index (χ2v) is 5.56. The third kappa shape index (κ3) is 5.46. The minimum Gasteiger partial charge on any atom is -0.355 e. The lowest BCUT2D eigenvalue weighted by atomic mass is 10.2. The van der Waals surface area contributed by atoms with Crippen LogP contribution in [0.5, 0.6) is 0 Å². The molecule has 1 rings (SSSR count). The van der Waals surface area contributed by atoms with Crippen molar-refractivity contribution in [2.45, 2.75) is 26.7 Å². The van der Waals surface area contributed by atoms with Crippen LogP contribution in [0.1, 0.15) is 37.0 Å². The molecule has 0 atom stereocenters. The number of benzene rings is 1. The molecule has 0 fully saturated rings. The summed E-state index contributed by atoms with van der Waals surface area (Å²) >= 11 is 3.24.